The molecule has 0 heterocycles. The molecule has 0 saturated heterocycles. The summed E-state index contributed by atoms with van der Waals surface area (Å²) in [6.07, 6.45) is 26.1. The minimum absolute atomic E-state index is 0.337. The molecule has 0 aliphatic heterocycles. The van der Waals surface area contributed by atoms with E-state index >= 15 is 0 Å². The van der Waals surface area contributed by atoms with Crippen molar-refractivity contribution in [2.75, 3.05) is 0 Å². The Kier molecular flexibility index (Phi) is 8.77. The van der Waals surface area contributed by atoms with Crippen LogP contribution in [0.2, 0.25) is 0 Å². The summed E-state index contributed by atoms with van der Waals surface area (Å²) in [6.45, 7) is 19.2. The van der Waals surface area contributed by atoms with Crippen LogP contribution in [0.1, 0.15) is 52.9 Å². The second-order valence-corrected chi connectivity index (χ2v) is 8.30. The Morgan fingerprint density at radius 3 is 2.57 bits per heavy atom. The van der Waals surface area contributed by atoms with Crippen molar-refractivity contribution in [3.05, 3.63) is 96.7 Å². The van der Waals surface area contributed by atoms with Crippen molar-refractivity contribution in [2.24, 2.45) is 23.7 Å². The zero-order valence-electron chi connectivity index (χ0n) is 18.2. The molecular weight excluding hydrogens is 336 g/mol. The van der Waals surface area contributed by atoms with Gasteiger partial charge in [-0.1, -0.05) is 91.8 Å². The van der Waals surface area contributed by atoms with Gasteiger partial charge in [-0.2, -0.15) is 0 Å². The molecule has 2 rings (SSSR count). The molecule has 0 fully saturated rings. The van der Waals surface area contributed by atoms with E-state index in [-0.39, 0.29) is 0 Å². The first-order valence-electron chi connectivity index (χ1n) is 10.9. The predicted molar refractivity (Wildman–Crippen MR) is 126 cm³/mol. The molecule has 28 heavy (non-hydrogen) atoms. The Morgan fingerprint density at radius 1 is 1.21 bits per heavy atom. The highest BCUT2D eigenvalue weighted by atomic mass is 14.3. The predicted octanol–water partition coefficient (Wildman–Crippen LogP) is 8.31. The van der Waals surface area contributed by atoms with Crippen molar-refractivity contribution in [2.45, 2.75) is 52.9 Å². The smallest absolute Gasteiger partial charge is 0.0187 e. The quantitative estimate of drug-likeness (QED) is 0.337. The van der Waals surface area contributed by atoms with E-state index in [1.165, 1.54) is 22.3 Å². The lowest BCUT2D eigenvalue weighted by molar-refractivity contribution is 0.451. The van der Waals surface area contributed by atoms with Gasteiger partial charge in [0.2, 0.25) is 0 Å². The third-order valence-electron chi connectivity index (χ3n) is 5.93. The molecular formula is C28H38. The van der Waals surface area contributed by atoms with Crippen LogP contribution < -0.4 is 0 Å². The van der Waals surface area contributed by atoms with E-state index in [2.05, 4.69) is 95.2 Å². The first kappa shape index (κ1) is 22.2. The highest BCUT2D eigenvalue weighted by molar-refractivity contribution is 5.40. The van der Waals surface area contributed by atoms with Crippen molar-refractivity contribution in [1.82, 2.24) is 0 Å². The maximum absolute atomic E-state index is 4.41. The summed E-state index contributed by atoms with van der Waals surface area (Å²) in [5.74, 6) is 1.79. The summed E-state index contributed by atoms with van der Waals surface area (Å²) in [6, 6.07) is 0. The fourth-order valence-corrected chi connectivity index (χ4v) is 4.27. The molecule has 0 saturated carbocycles. The molecule has 0 aromatic carbocycles. The highest BCUT2D eigenvalue weighted by Gasteiger charge is 2.27. The van der Waals surface area contributed by atoms with Crippen molar-refractivity contribution < 1.29 is 0 Å². The summed E-state index contributed by atoms with van der Waals surface area (Å²) in [5, 5.41) is 0. The monoisotopic (exact) mass is 374 g/mol. The van der Waals surface area contributed by atoms with Gasteiger partial charge < -0.3 is 0 Å². The topological polar surface area (TPSA) is 0 Å². The van der Waals surface area contributed by atoms with E-state index in [0.29, 0.717) is 23.7 Å². The fraction of sp³-hybridized carbons (Fsp3) is 0.429. The van der Waals surface area contributed by atoms with Crippen LogP contribution >= 0.6 is 0 Å². The van der Waals surface area contributed by atoms with Gasteiger partial charge in [-0.3, -0.25) is 0 Å². The van der Waals surface area contributed by atoms with E-state index < -0.39 is 0 Å². The Hall–Kier alpha value is -2.08. The van der Waals surface area contributed by atoms with Crippen LogP contribution in [0.5, 0.6) is 0 Å². The molecule has 2 aliphatic carbocycles. The minimum Gasteiger partial charge on any atom is -0.102 e. The zero-order chi connectivity index (χ0) is 20.5. The van der Waals surface area contributed by atoms with E-state index in [1.807, 2.05) is 0 Å². The van der Waals surface area contributed by atoms with Crippen molar-refractivity contribution in [1.29, 1.82) is 0 Å². The summed E-state index contributed by atoms with van der Waals surface area (Å²) in [4.78, 5) is 0. The van der Waals surface area contributed by atoms with E-state index in [9.17, 15) is 0 Å². The van der Waals surface area contributed by atoms with Crippen LogP contribution in [-0.2, 0) is 0 Å². The van der Waals surface area contributed by atoms with E-state index in [0.717, 1.165) is 32.1 Å². The van der Waals surface area contributed by atoms with Crippen LogP contribution in [0, 0.1) is 23.7 Å². The van der Waals surface area contributed by atoms with Crippen molar-refractivity contribution in [3.63, 3.8) is 0 Å². The molecule has 0 bridgehead atoms. The Balaban J connectivity index is 2.43. The van der Waals surface area contributed by atoms with Crippen LogP contribution in [0.15, 0.2) is 96.7 Å². The van der Waals surface area contributed by atoms with Crippen LogP contribution in [0.3, 0.4) is 0 Å². The molecule has 0 spiro atoms. The van der Waals surface area contributed by atoms with Gasteiger partial charge in [-0.05, 0) is 56.4 Å². The summed E-state index contributed by atoms with van der Waals surface area (Å²) < 4.78 is 0. The maximum Gasteiger partial charge on any atom is 0.0187 e. The second kappa shape index (κ2) is 11.1. The van der Waals surface area contributed by atoms with Crippen LogP contribution in [0.25, 0.3) is 0 Å². The summed E-state index contributed by atoms with van der Waals surface area (Å²) >= 11 is 0. The Labute approximate surface area is 173 Å². The molecule has 0 heteroatoms. The third-order valence-corrected chi connectivity index (χ3v) is 5.93. The molecule has 0 N–H and O–H groups in total. The third kappa shape index (κ3) is 5.96. The Morgan fingerprint density at radius 2 is 2.00 bits per heavy atom. The van der Waals surface area contributed by atoms with E-state index in [4.69, 9.17) is 0 Å². The van der Waals surface area contributed by atoms with Crippen molar-refractivity contribution in [3.8, 4) is 0 Å². The second-order valence-electron chi connectivity index (χ2n) is 8.30. The molecule has 0 aromatic heterocycles. The number of allylic oxidation sites excluding steroid dienone is 13. The minimum atomic E-state index is 0.337. The zero-order valence-corrected chi connectivity index (χ0v) is 18.2. The average molecular weight is 375 g/mol. The van der Waals surface area contributed by atoms with Gasteiger partial charge >= 0.3 is 0 Å². The van der Waals surface area contributed by atoms with Crippen LogP contribution in [-0.4, -0.2) is 0 Å². The normalized spacial score (nSPS) is 23.8. The number of hydrogen-bond donors (Lipinski definition) is 0. The maximum atomic E-state index is 4.41. The first-order chi connectivity index (χ1) is 13.5. The van der Waals surface area contributed by atoms with Gasteiger partial charge in [0.05, 0.1) is 0 Å². The summed E-state index contributed by atoms with van der Waals surface area (Å²) in [5.41, 5.74) is 5.44. The van der Waals surface area contributed by atoms with Crippen molar-refractivity contribution >= 4 is 0 Å². The lowest BCUT2D eigenvalue weighted by Crippen LogP contribution is -2.20. The lowest BCUT2D eigenvalue weighted by Gasteiger charge is -2.32. The molecule has 150 valence electrons. The van der Waals surface area contributed by atoms with Gasteiger partial charge in [-0.25, -0.2) is 0 Å². The SMILES string of the molecule is C=CC(CC(=C)C)C1=CC(C2C=CC=CC2)CC(C(C=CCC)C(=C)CC)=C1. The number of rotatable bonds is 10. The van der Waals surface area contributed by atoms with Crippen LogP contribution in [0.4, 0.5) is 0 Å². The largest absolute Gasteiger partial charge is 0.102 e. The van der Waals surface area contributed by atoms with Gasteiger partial charge in [0.1, 0.15) is 0 Å². The average Bonchev–Trinajstić information content (AvgIpc) is 2.72. The molecule has 2 aliphatic rings. The number of hydrogen-bond acceptors (Lipinski definition) is 0. The van der Waals surface area contributed by atoms with Gasteiger partial charge in [-0.15, -0.1) is 13.2 Å². The molecule has 0 radical (unpaired) electrons. The first-order valence-corrected chi connectivity index (χ1v) is 10.9. The molecule has 0 amide bonds. The molecule has 4 unspecified atom stereocenters. The van der Waals surface area contributed by atoms with E-state index in [1.54, 1.807) is 0 Å². The molecule has 4 atom stereocenters. The standard InChI is InChI=1S/C28H38/c1-7-10-16-28(22(6)8-2)27-19-25(23(9-3)17-21(4)5)18-26(20-27)24-14-12-11-13-15-24/h9-14,16,18-19,23-24,26,28H,3-4,6-8,15,17,20H2,1-2,5H3. The summed E-state index contributed by atoms with van der Waals surface area (Å²) in [7, 11) is 0. The fourth-order valence-electron chi connectivity index (χ4n) is 4.27. The molecule has 0 aromatic rings. The van der Waals surface area contributed by atoms with Gasteiger partial charge in [0.15, 0.2) is 0 Å². The van der Waals surface area contributed by atoms with Gasteiger partial charge in [0, 0.05) is 11.8 Å². The lowest BCUT2D eigenvalue weighted by atomic mass is 9.72. The highest BCUT2D eigenvalue weighted by Crippen LogP contribution is 2.40. The Bertz CT molecular complexity index is 719. The van der Waals surface area contributed by atoms with Gasteiger partial charge in [0.25, 0.3) is 0 Å². The molecule has 0 nitrogen and oxygen atoms in total.